The van der Waals surface area contributed by atoms with E-state index in [9.17, 15) is 4.39 Å². The predicted octanol–water partition coefficient (Wildman–Crippen LogP) is 3.70. The average Bonchev–Trinajstić information content (AvgIpc) is 2.51. The zero-order valence-electron chi connectivity index (χ0n) is 16.1. The second-order valence-corrected chi connectivity index (χ2v) is 7.47. The van der Waals surface area contributed by atoms with Gasteiger partial charge in [-0.15, -0.1) is 24.0 Å². The van der Waals surface area contributed by atoms with Crippen molar-refractivity contribution in [3.8, 4) is 0 Å². The molecule has 25 heavy (non-hydrogen) atoms. The van der Waals surface area contributed by atoms with E-state index in [1.54, 1.807) is 17.8 Å². The van der Waals surface area contributed by atoms with Gasteiger partial charge in [-0.1, -0.05) is 6.07 Å². The lowest BCUT2D eigenvalue weighted by atomic mass is 10.0. The first-order chi connectivity index (χ1) is 11.3. The molecular weight excluding hydrogens is 450 g/mol. The number of rotatable bonds is 8. The summed E-state index contributed by atoms with van der Waals surface area (Å²) in [6.45, 7) is 8.53. The molecule has 144 valence electrons. The summed E-state index contributed by atoms with van der Waals surface area (Å²) in [5.41, 5.74) is 2.10. The van der Waals surface area contributed by atoms with Gasteiger partial charge in [0.05, 0.1) is 6.54 Å². The van der Waals surface area contributed by atoms with Crippen LogP contribution in [-0.2, 0) is 12.3 Å². The van der Waals surface area contributed by atoms with E-state index in [2.05, 4.69) is 48.5 Å². The molecule has 0 saturated carbocycles. The molecule has 0 bridgehead atoms. The van der Waals surface area contributed by atoms with Gasteiger partial charge >= 0.3 is 0 Å². The van der Waals surface area contributed by atoms with Crippen molar-refractivity contribution in [3.05, 3.63) is 35.1 Å². The molecule has 1 aromatic carbocycles. The van der Waals surface area contributed by atoms with Gasteiger partial charge in [0.25, 0.3) is 0 Å². The standard InChI is InChI=1S/C18H31FN4S.HI/c1-7-20-17(22-13-18(2,3)23(4)5)21-11-14-8-9-16(19)10-15(14)12-24-6;/h8-10H,7,11-13H2,1-6H3,(H2,20,21,22);1H. The van der Waals surface area contributed by atoms with Crippen molar-refractivity contribution in [2.24, 2.45) is 4.99 Å². The van der Waals surface area contributed by atoms with Crippen LogP contribution in [0.5, 0.6) is 0 Å². The molecule has 0 radical (unpaired) electrons. The number of likely N-dealkylation sites (N-methyl/N-ethyl adjacent to an activating group) is 1. The van der Waals surface area contributed by atoms with Crippen LogP contribution in [0.2, 0.25) is 0 Å². The number of halogens is 2. The van der Waals surface area contributed by atoms with Crippen molar-refractivity contribution in [3.63, 3.8) is 0 Å². The number of aliphatic imine (C=N–C) groups is 1. The van der Waals surface area contributed by atoms with Crippen LogP contribution >= 0.6 is 35.7 Å². The van der Waals surface area contributed by atoms with Crippen molar-refractivity contribution in [2.75, 3.05) is 33.4 Å². The monoisotopic (exact) mass is 482 g/mol. The highest BCUT2D eigenvalue weighted by Crippen LogP contribution is 2.17. The van der Waals surface area contributed by atoms with E-state index in [0.717, 1.165) is 35.9 Å². The molecule has 0 fully saturated rings. The van der Waals surface area contributed by atoms with Crippen molar-refractivity contribution in [2.45, 2.75) is 38.6 Å². The third-order valence-corrected chi connectivity index (χ3v) is 4.72. The van der Waals surface area contributed by atoms with E-state index in [0.29, 0.717) is 6.54 Å². The van der Waals surface area contributed by atoms with E-state index >= 15 is 0 Å². The van der Waals surface area contributed by atoms with Crippen molar-refractivity contribution in [1.29, 1.82) is 0 Å². The maximum atomic E-state index is 13.4. The fraction of sp³-hybridized carbons (Fsp3) is 0.611. The van der Waals surface area contributed by atoms with Gasteiger partial charge < -0.3 is 15.5 Å². The van der Waals surface area contributed by atoms with Gasteiger partial charge in [-0.25, -0.2) is 9.38 Å². The number of nitrogens with one attached hydrogen (secondary N) is 2. The van der Waals surface area contributed by atoms with Crippen LogP contribution in [-0.4, -0.2) is 49.8 Å². The molecule has 0 amide bonds. The van der Waals surface area contributed by atoms with Crippen LogP contribution in [0.25, 0.3) is 0 Å². The summed E-state index contributed by atoms with van der Waals surface area (Å²) >= 11 is 1.69. The molecule has 7 heteroatoms. The van der Waals surface area contributed by atoms with Gasteiger partial charge in [0.15, 0.2) is 5.96 Å². The topological polar surface area (TPSA) is 39.7 Å². The molecule has 0 atom stereocenters. The quantitative estimate of drug-likeness (QED) is 0.337. The maximum absolute atomic E-state index is 13.4. The summed E-state index contributed by atoms with van der Waals surface area (Å²) in [5, 5.41) is 6.66. The number of thioether (sulfide) groups is 1. The van der Waals surface area contributed by atoms with Gasteiger partial charge in [-0.2, -0.15) is 11.8 Å². The van der Waals surface area contributed by atoms with Gasteiger partial charge in [-0.3, -0.25) is 0 Å². The first kappa shape index (κ1) is 24.5. The number of hydrogen-bond donors (Lipinski definition) is 2. The van der Waals surface area contributed by atoms with Crippen LogP contribution in [0, 0.1) is 5.82 Å². The molecule has 0 heterocycles. The van der Waals surface area contributed by atoms with Crippen molar-refractivity contribution < 1.29 is 4.39 Å². The second-order valence-electron chi connectivity index (χ2n) is 6.60. The Balaban J connectivity index is 0.00000576. The Labute approximate surface area is 173 Å². The van der Waals surface area contributed by atoms with Crippen LogP contribution in [0.3, 0.4) is 0 Å². The molecule has 2 N–H and O–H groups in total. The largest absolute Gasteiger partial charge is 0.357 e. The fourth-order valence-corrected chi connectivity index (χ4v) is 2.58. The molecule has 0 aromatic heterocycles. The summed E-state index contributed by atoms with van der Waals surface area (Å²) in [4.78, 5) is 6.84. The third kappa shape index (κ3) is 8.59. The lowest BCUT2D eigenvalue weighted by Gasteiger charge is -2.33. The molecule has 0 aliphatic rings. The van der Waals surface area contributed by atoms with Crippen LogP contribution in [0.15, 0.2) is 23.2 Å². The highest BCUT2D eigenvalue weighted by molar-refractivity contribution is 14.0. The van der Waals surface area contributed by atoms with E-state index in [4.69, 9.17) is 0 Å². The summed E-state index contributed by atoms with van der Waals surface area (Å²) in [6, 6.07) is 4.94. The minimum absolute atomic E-state index is 0. The third-order valence-electron chi connectivity index (χ3n) is 4.12. The van der Waals surface area contributed by atoms with E-state index in [-0.39, 0.29) is 35.3 Å². The molecule has 0 aliphatic heterocycles. The zero-order valence-corrected chi connectivity index (χ0v) is 19.3. The molecule has 0 saturated heterocycles. The minimum atomic E-state index is -0.190. The molecule has 0 unspecified atom stereocenters. The smallest absolute Gasteiger partial charge is 0.191 e. The normalized spacial score (nSPS) is 12.1. The molecule has 4 nitrogen and oxygen atoms in total. The van der Waals surface area contributed by atoms with E-state index in [1.165, 1.54) is 6.07 Å². The summed E-state index contributed by atoms with van der Waals surface area (Å²) in [7, 11) is 4.14. The highest BCUT2D eigenvalue weighted by atomic mass is 127. The van der Waals surface area contributed by atoms with Crippen molar-refractivity contribution in [1.82, 2.24) is 15.5 Å². The first-order valence-corrected chi connectivity index (χ1v) is 9.65. The average molecular weight is 482 g/mol. The summed E-state index contributed by atoms with van der Waals surface area (Å²) in [5.74, 6) is 1.39. The Kier molecular flexibility index (Phi) is 11.7. The Morgan fingerprint density at radius 3 is 2.48 bits per heavy atom. The Hall–Kier alpha value is -0.540. The first-order valence-electron chi connectivity index (χ1n) is 8.26. The van der Waals surface area contributed by atoms with Crippen LogP contribution in [0.4, 0.5) is 4.39 Å². The summed E-state index contributed by atoms with van der Waals surface area (Å²) in [6.07, 6.45) is 2.02. The van der Waals surface area contributed by atoms with Gasteiger partial charge in [-0.05, 0) is 64.4 Å². The number of benzene rings is 1. The number of guanidine groups is 1. The second kappa shape index (κ2) is 12.0. The number of nitrogens with zero attached hydrogens (tertiary/aromatic N) is 2. The van der Waals surface area contributed by atoms with Gasteiger partial charge in [0, 0.05) is 24.4 Å². The molecule has 0 spiro atoms. The Morgan fingerprint density at radius 1 is 1.24 bits per heavy atom. The molecule has 1 aromatic rings. The molecular formula is C18H32FIN4S. The van der Waals surface area contributed by atoms with E-state index in [1.807, 2.05) is 19.2 Å². The Bertz CT molecular complexity index is 550. The maximum Gasteiger partial charge on any atom is 0.191 e. The lowest BCUT2D eigenvalue weighted by Crippen LogP contribution is -2.50. The van der Waals surface area contributed by atoms with E-state index < -0.39 is 0 Å². The molecule has 0 aliphatic carbocycles. The number of hydrogen-bond acceptors (Lipinski definition) is 3. The van der Waals surface area contributed by atoms with Gasteiger partial charge in [0.2, 0.25) is 0 Å². The SMILES string of the molecule is CCNC(=NCc1ccc(F)cc1CSC)NCC(C)(C)N(C)C.I. The van der Waals surface area contributed by atoms with Gasteiger partial charge in [0.1, 0.15) is 5.82 Å². The zero-order chi connectivity index (χ0) is 18.2. The fourth-order valence-electron chi connectivity index (χ4n) is 2.00. The lowest BCUT2D eigenvalue weighted by molar-refractivity contribution is 0.197. The van der Waals surface area contributed by atoms with Crippen LogP contribution in [0.1, 0.15) is 31.9 Å². The predicted molar refractivity (Wildman–Crippen MR) is 120 cm³/mol. The summed E-state index contributed by atoms with van der Waals surface area (Å²) < 4.78 is 13.4. The van der Waals surface area contributed by atoms with Crippen LogP contribution < -0.4 is 10.6 Å². The minimum Gasteiger partial charge on any atom is -0.357 e. The Morgan fingerprint density at radius 2 is 1.92 bits per heavy atom. The molecule has 1 rings (SSSR count). The van der Waals surface area contributed by atoms with Crippen molar-refractivity contribution >= 4 is 41.7 Å². The highest BCUT2D eigenvalue weighted by Gasteiger charge is 2.20.